The summed E-state index contributed by atoms with van der Waals surface area (Å²) in [5.74, 6) is 0.677. The molecule has 1 unspecified atom stereocenters. The van der Waals surface area contributed by atoms with Gasteiger partial charge in [0.25, 0.3) is 0 Å². The van der Waals surface area contributed by atoms with E-state index in [1.807, 2.05) is 0 Å². The summed E-state index contributed by atoms with van der Waals surface area (Å²) in [5.41, 5.74) is 4.65. The molecule has 1 atom stereocenters. The van der Waals surface area contributed by atoms with Crippen LogP contribution in [0.1, 0.15) is 51.2 Å². The van der Waals surface area contributed by atoms with Gasteiger partial charge in [0.15, 0.2) is 0 Å². The number of hydrogen-bond acceptors (Lipinski definition) is 2. The lowest BCUT2D eigenvalue weighted by molar-refractivity contribution is 0.192. The lowest BCUT2D eigenvalue weighted by Crippen LogP contribution is -2.42. The third-order valence-electron chi connectivity index (χ3n) is 5.96. The molecule has 1 N–H and O–H groups in total. The Morgan fingerprint density at radius 1 is 1.15 bits per heavy atom. The van der Waals surface area contributed by atoms with Crippen LogP contribution in [0.25, 0.3) is 0 Å². The average Bonchev–Trinajstić information content (AvgIpc) is 2.61. The van der Waals surface area contributed by atoms with Crippen LogP contribution < -0.4 is 5.32 Å². The van der Waals surface area contributed by atoms with Crippen LogP contribution in [-0.4, -0.2) is 30.6 Å². The Labute approximate surface area is 160 Å². The van der Waals surface area contributed by atoms with Gasteiger partial charge in [-0.1, -0.05) is 68.8 Å². The zero-order valence-electron chi connectivity index (χ0n) is 17.1. The molecule has 142 valence electrons. The van der Waals surface area contributed by atoms with Gasteiger partial charge in [0, 0.05) is 19.1 Å². The molecular weight excluding hydrogens is 316 g/mol. The highest BCUT2D eigenvalue weighted by Crippen LogP contribution is 2.33. The molecule has 0 radical (unpaired) electrons. The van der Waals surface area contributed by atoms with Crippen molar-refractivity contribution in [2.24, 2.45) is 11.3 Å². The van der Waals surface area contributed by atoms with Gasteiger partial charge in [0.2, 0.25) is 0 Å². The molecule has 26 heavy (non-hydrogen) atoms. The van der Waals surface area contributed by atoms with Crippen molar-refractivity contribution in [3.05, 3.63) is 59.2 Å². The molecule has 0 aromatic heterocycles. The van der Waals surface area contributed by atoms with E-state index >= 15 is 0 Å². The maximum atomic E-state index is 3.79. The van der Waals surface area contributed by atoms with Gasteiger partial charge >= 0.3 is 0 Å². The van der Waals surface area contributed by atoms with E-state index < -0.39 is 0 Å². The van der Waals surface area contributed by atoms with Crippen molar-refractivity contribution in [2.75, 3.05) is 19.6 Å². The van der Waals surface area contributed by atoms with Crippen molar-refractivity contribution in [3.8, 4) is 0 Å². The molecule has 1 aliphatic carbocycles. The van der Waals surface area contributed by atoms with E-state index in [-0.39, 0.29) is 0 Å². The predicted molar refractivity (Wildman–Crippen MR) is 112 cm³/mol. The number of allylic oxidation sites excluding steroid dienone is 2. The van der Waals surface area contributed by atoms with E-state index in [2.05, 4.69) is 80.4 Å². The van der Waals surface area contributed by atoms with Crippen molar-refractivity contribution in [2.45, 2.75) is 59.5 Å². The second kappa shape index (κ2) is 8.54. The Morgan fingerprint density at radius 2 is 1.92 bits per heavy atom. The quantitative estimate of drug-likeness (QED) is 0.793. The Morgan fingerprint density at radius 3 is 2.54 bits per heavy atom. The molecule has 0 amide bonds. The van der Waals surface area contributed by atoms with E-state index in [0.717, 1.165) is 13.1 Å². The highest BCUT2D eigenvalue weighted by atomic mass is 15.1. The van der Waals surface area contributed by atoms with Crippen molar-refractivity contribution < 1.29 is 0 Å². The fourth-order valence-electron chi connectivity index (χ4n) is 4.06. The number of aryl methyl sites for hydroxylation is 1. The van der Waals surface area contributed by atoms with Gasteiger partial charge < -0.3 is 5.32 Å². The van der Waals surface area contributed by atoms with E-state index in [0.29, 0.717) is 17.4 Å². The van der Waals surface area contributed by atoms with Gasteiger partial charge in [-0.15, -0.1) is 0 Å². The number of benzene rings is 1. The van der Waals surface area contributed by atoms with E-state index in [9.17, 15) is 0 Å². The number of likely N-dealkylation sites (tertiary alicyclic amines) is 1. The number of rotatable bonds is 5. The second-order valence-electron chi connectivity index (χ2n) is 9.27. The summed E-state index contributed by atoms with van der Waals surface area (Å²) in [6, 6.07) is 9.59. The molecule has 0 saturated carbocycles. The predicted octanol–water partition coefficient (Wildman–Crippen LogP) is 5.10. The molecule has 1 heterocycles. The molecule has 0 spiro atoms. The summed E-state index contributed by atoms with van der Waals surface area (Å²) < 4.78 is 0. The maximum Gasteiger partial charge on any atom is 0.0233 e. The fourth-order valence-corrected chi connectivity index (χ4v) is 4.06. The average molecular weight is 353 g/mol. The fraction of sp³-hybridized carbons (Fsp3) is 0.583. The van der Waals surface area contributed by atoms with Crippen molar-refractivity contribution in [1.82, 2.24) is 10.2 Å². The standard InChI is InChI=1S/C24H36N2/c1-19-6-5-7-21(16-19)18-26-14-12-23(13-15-26)25-17-20-8-10-22(11-9-20)24(2,3)4/h5-10,16,22-23,25H,11-15,17-18H2,1-4H3. The zero-order valence-corrected chi connectivity index (χ0v) is 17.1. The van der Waals surface area contributed by atoms with Gasteiger partial charge in [-0.05, 0) is 61.7 Å². The molecule has 1 aromatic rings. The first-order chi connectivity index (χ1) is 12.4. The van der Waals surface area contributed by atoms with Crippen LogP contribution in [0.4, 0.5) is 0 Å². The summed E-state index contributed by atoms with van der Waals surface area (Å²) in [7, 11) is 0. The summed E-state index contributed by atoms with van der Waals surface area (Å²) in [6.07, 6.45) is 10.9. The van der Waals surface area contributed by atoms with E-state index in [4.69, 9.17) is 0 Å². The van der Waals surface area contributed by atoms with Crippen LogP contribution in [0.5, 0.6) is 0 Å². The largest absolute Gasteiger partial charge is 0.310 e. The molecule has 1 aromatic carbocycles. The van der Waals surface area contributed by atoms with Crippen LogP contribution >= 0.6 is 0 Å². The first kappa shape index (κ1) is 19.4. The Kier molecular flexibility index (Phi) is 6.37. The summed E-state index contributed by atoms with van der Waals surface area (Å²) >= 11 is 0. The van der Waals surface area contributed by atoms with Gasteiger partial charge in [-0.25, -0.2) is 0 Å². The van der Waals surface area contributed by atoms with Crippen LogP contribution in [0.2, 0.25) is 0 Å². The molecule has 1 aliphatic heterocycles. The molecule has 3 rings (SSSR count). The number of piperidine rings is 1. The summed E-state index contributed by atoms with van der Waals surface area (Å²) in [4.78, 5) is 2.60. The highest BCUT2D eigenvalue weighted by molar-refractivity contribution is 5.26. The minimum Gasteiger partial charge on any atom is -0.310 e. The summed E-state index contributed by atoms with van der Waals surface area (Å²) in [5, 5.41) is 3.79. The molecular formula is C24H36N2. The number of nitrogens with zero attached hydrogens (tertiary/aromatic N) is 1. The maximum absolute atomic E-state index is 3.79. The lowest BCUT2D eigenvalue weighted by Gasteiger charge is -2.33. The molecule has 0 bridgehead atoms. The molecule has 2 aliphatic rings. The normalized spacial score (nSPS) is 22.5. The topological polar surface area (TPSA) is 15.3 Å². The SMILES string of the molecule is Cc1cccc(CN2CCC(NCC3=CCC(C(C)(C)C)C=C3)CC2)c1. The minimum atomic E-state index is 0.371. The second-order valence-corrected chi connectivity index (χ2v) is 9.27. The van der Waals surface area contributed by atoms with Crippen LogP contribution in [0, 0.1) is 18.3 Å². The molecule has 1 saturated heterocycles. The first-order valence-electron chi connectivity index (χ1n) is 10.3. The highest BCUT2D eigenvalue weighted by Gasteiger charge is 2.23. The van der Waals surface area contributed by atoms with Gasteiger partial charge in [-0.2, -0.15) is 0 Å². The first-order valence-corrected chi connectivity index (χ1v) is 10.3. The monoisotopic (exact) mass is 352 g/mol. The van der Waals surface area contributed by atoms with Crippen LogP contribution in [0.15, 0.2) is 48.1 Å². The number of nitrogens with one attached hydrogen (secondary N) is 1. The molecule has 1 fully saturated rings. The zero-order chi connectivity index (χ0) is 18.6. The third kappa shape index (κ3) is 5.56. The van der Waals surface area contributed by atoms with Gasteiger partial charge in [0.05, 0.1) is 0 Å². The smallest absolute Gasteiger partial charge is 0.0233 e. The lowest BCUT2D eigenvalue weighted by atomic mass is 9.76. The Hall–Kier alpha value is -1.38. The molecule has 2 heteroatoms. The van der Waals surface area contributed by atoms with Crippen molar-refractivity contribution in [3.63, 3.8) is 0 Å². The minimum absolute atomic E-state index is 0.371. The Bertz CT molecular complexity index is 642. The van der Waals surface area contributed by atoms with E-state index in [1.165, 1.54) is 49.1 Å². The third-order valence-corrected chi connectivity index (χ3v) is 5.96. The van der Waals surface area contributed by atoms with Crippen molar-refractivity contribution in [1.29, 1.82) is 0 Å². The van der Waals surface area contributed by atoms with Gasteiger partial charge in [-0.3, -0.25) is 4.90 Å². The van der Waals surface area contributed by atoms with Gasteiger partial charge in [0.1, 0.15) is 0 Å². The summed E-state index contributed by atoms with van der Waals surface area (Å²) in [6.45, 7) is 13.7. The van der Waals surface area contributed by atoms with Crippen LogP contribution in [-0.2, 0) is 6.54 Å². The van der Waals surface area contributed by atoms with Crippen LogP contribution in [0.3, 0.4) is 0 Å². The molecule has 2 nitrogen and oxygen atoms in total. The number of hydrogen-bond donors (Lipinski definition) is 1. The van der Waals surface area contributed by atoms with E-state index in [1.54, 1.807) is 0 Å². The van der Waals surface area contributed by atoms with Crippen molar-refractivity contribution >= 4 is 0 Å². The Balaban J connectivity index is 1.38.